The van der Waals surface area contributed by atoms with Crippen LogP contribution in [0.15, 0.2) is 0 Å². The quantitative estimate of drug-likeness (QED) is 0.676. The van der Waals surface area contributed by atoms with Crippen molar-refractivity contribution in [1.82, 2.24) is 10.2 Å². The van der Waals surface area contributed by atoms with Gasteiger partial charge in [-0.25, -0.2) is 4.79 Å². The van der Waals surface area contributed by atoms with Gasteiger partial charge in [-0.3, -0.25) is 4.90 Å². The van der Waals surface area contributed by atoms with E-state index in [2.05, 4.69) is 17.1 Å². The summed E-state index contributed by atoms with van der Waals surface area (Å²) in [6.07, 6.45) is 2.15. The second-order valence-corrected chi connectivity index (χ2v) is 7.55. The summed E-state index contributed by atoms with van der Waals surface area (Å²) in [5, 5.41) is 2.93. The van der Waals surface area contributed by atoms with E-state index in [-0.39, 0.29) is 12.1 Å². The van der Waals surface area contributed by atoms with Crippen molar-refractivity contribution < 1.29 is 14.3 Å². The lowest BCUT2D eigenvalue weighted by Crippen LogP contribution is -2.57. The van der Waals surface area contributed by atoms with E-state index >= 15 is 0 Å². The number of alkyl carbamates (subject to hydrolysis) is 1. The van der Waals surface area contributed by atoms with E-state index in [1.807, 2.05) is 27.7 Å². The van der Waals surface area contributed by atoms with Gasteiger partial charge in [-0.2, -0.15) is 0 Å². The monoisotopic (exact) mass is 329 g/mol. The summed E-state index contributed by atoms with van der Waals surface area (Å²) >= 11 is 0. The standard InChI is InChI=1S/C17H35N3O3/c1-12(19-16(21)23-17(3,4)5)15(11-18)20(9-10-22-6)13(2)14-7-8-14/h12-15H,7-11,18H2,1-6H3,(H,19,21). The van der Waals surface area contributed by atoms with Crippen LogP contribution < -0.4 is 11.1 Å². The molecule has 136 valence electrons. The number of nitrogens with one attached hydrogen (secondary N) is 1. The number of rotatable bonds is 9. The first-order chi connectivity index (χ1) is 10.7. The number of hydrogen-bond acceptors (Lipinski definition) is 5. The third-order valence-corrected chi connectivity index (χ3v) is 4.37. The molecule has 0 aromatic rings. The number of nitrogens with zero attached hydrogens (tertiary/aromatic N) is 1. The van der Waals surface area contributed by atoms with Crippen molar-refractivity contribution in [2.45, 2.75) is 71.2 Å². The number of hydrogen-bond donors (Lipinski definition) is 2. The van der Waals surface area contributed by atoms with Crippen molar-refractivity contribution in [3.8, 4) is 0 Å². The fourth-order valence-electron chi connectivity index (χ4n) is 2.93. The molecule has 1 amide bonds. The molecule has 0 bridgehead atoms. The highest BCUT2D eigenvalue weighted by Crippen LogP contribution is 2.36. The predicted octanol–water partition coefficient (Wildman–Crippen LogP) is 1.97. The van der Waals surface area contributed by atoms with Gasteiger partial charge >= 0.3 is 6.09 Å². The maximum absolute atomic E-state index is 12.0. The molecule has 1 aliphatic carbocycles. The van der Waals surface area contributed by atoms with E-state index in [1.54, 1.807) is 7.11 Å². The van der Waals surface area contributed by atoms with Gasteiger partial charge in [0.1, 0.15) is 5.60 Å². The third-order valence-electron chi connectivity index (χ3n) is 4.37. The maximum atomic E-state index is 12.0. The molecule has 0 saturated heterocycles. The minimum atomic E-state index is -0.501. The van der Waals surface area contributed by atoms with E-state index in [9.17, 15) is 4.79 Å². The Labute approximate surface area is 141 Å². The van der Waals surface area contributed by atoms with Gasteiger partial charge < -0.3 is 20.5 Å². The Morgan fingerprint density at radius 2 is 1.96 bits per heavy atom. The predicted molar refractivity (Wildman–Crippen MR) is 92.4 cm³/mol. The van der Waals surface area contributed by atoms with Gasteiger partial charge in [0.15, 0.2) is 0 Å². The molecular formula is C17H35N3O3. The Kier molecular flexibility index (Phi) is 7.77. The van der Waals surface area contributed by atoms with E-state index < -0.39 is 11.7 Å². The Morgan fingerprint density at radius 1 is 1.35 bits per heavy atom. The molecule has 3 atom stereocenters. The molecule has 0 aromatic heterocycles. The van der Waals surface area contributed by atoms with Crippen LogP contribution in [-0.4, -0.2) is 61.5 Å². The highest BCUT2D eigenvalue weighted by Gasteiger charge is 2.36. The third kappa shape index (κ3) is 7.06. The summed E-state index contributed by atoms with van der Waals surface area (Å²) in [6, 6.07) is 0.419. The van der Waals surface area contributed by atoms with Crippen molar-refractivity contribution in [3.63, 3.8) is 0 Å². The zero-order chi connectivity index (χ0) is 17.6. The van der Waals surface area contributed by atoms with Crippen LogP contribution >= 0.6 is 0 Å². The van der Waals surface area contributed by atoms with Crippen LogP contribution in [0.3, 0.4) is 0 Å². The normalized spacial score (nSPS) is 19.3. The van der Waals surface area contributed by atoms with Gasteiger partial charge in [0.2, 0.25) is 0 Å². The lowest BCUT2D eigenvalue weighted by Gasteiger charge is -2.39. The first-order valence-electron chi connectivity index (χ1n) is 8.63. The molecule has 1 saturated carbocycles. The maximum Gasteiger partial charge on any atom is 0.407 e. The Balaban J connectivity index is 2.69. The minimum absolute atomic E-state index is 0.0632. The molecule has 3 unspecified atom stereocenters. The molecule has 23 heavy (non-hydrogen) atoms. The Bertz CT molecular complexity index is 367. The van der Waals surface area contributed by atoms with Crippen LogP contribution in [0, 0.1) is 5.92 Å². The van der Waals surface area contributed by atoms with E-state index in [1.165, 1.54) is 12.8 Å². The van der Waals surface area contributed by atoms with Gasteiger partial charge in [-0.05, 0) is 53.4 Å². The molecule has 0 spiro atoms. The zero-order valence-corrected chi connectivity index (χ0v) is 15.6. The molecule has 0 aromatic carbocycles. The number of ether oxygens (including phenoxy) is 2. The van der Waals surface area contributed by atoms with Crippen LogP contribution in [-0.2, 0) is 9.47 Å². The van der Waals surface area contributed by atoms with Gasteiger partial charge in [-0.15, -0.1) is 0 Å². The summed E-state index contributed by atoms with van der Waals surface area (Å²) in [4.78, 5) is 14.4. The van der Waals surface area contributed by atoms with Crippen LogP contribution in [0.4, 0.5) is 4.79 Å². The van der Waals surface area contributed by atoms with Crippen LogP contribution in [0.1, 0.15) is 47.5 Å². The Hall–Kier alpha value is -0.850. The number of carbonyl (C=O) groups is 1. The van der Waals surface area contributed by atoms with Gasteiger partial charge in [0.25, 0.3) is 0 Å². The Morgan fingerprint density at radius 3 is 2.39 bits per heavy atom. The lowest BCUT2D eigenvalue weighted by atomic mass is 10.0. The average molecular weight is 329 g/mol. The minimum Gasteiger partial charge on any atom is -0.444 e. The molecule has 6 heteroatoms. The summed E-state index contributed by atoms with van der Waals surface area (Å²) in [6.45, 7) is 11.8. The van der Waals surface area contributed by atoms with Gasteiger partial charge in [-0.1, -0.05) is 0 Å². The lowest BCUT2D eigenvalue weighted by molar-refractivity contribution is 0.0401. The zero-order valence-electron chi connectivity index (χ0n) is 15.6. The van der Waals surface area contributed by atoms with Crippen LogP contribution in [0.5, 0.6) is 0 Å². The summed E-state index contributed by atoms with van der Waals surface area (Å²) in [5.41, 5.74) is 5.53. The van der Waals surface area contributed by atoms with Crippen molar-refractivity contribution in [3.05, 3.63) is 0 Å². The van der Waals surface area contributed by atoms with E-state index in [0.717, 1.165) is 12.5 Å². The smallest absolute Gasteiger partial charge is 0.407 e. The first kappa shape index (κ1) is 20.2. The number of carbonyl (C=O) groups excluding carboxylic acids is 1. The van der Waals surface area contributed by atoms with Crippen molar-refractivity contribution in [1.29, 1.82) is 0 Å². The SMILES string of the molecule is COCCN(C(C)C1CC1)C(CN)C(C)NC(=O)OC(C)(C)C. The molecular weight excluding hydrogens is 294 g/mol. The highest BCUT2D eigenvalue weighted by atomic mass is 16.6. The summed E-state index contributed by atoms with van der Waals surface area (Å²) in [7, 11) is 1.71. The fraction of sp³-hybridized carbons (Fsp3) is 0.941. The topological polar surface area (TPSA) is 76.8 Å². The molecule has 6 nitrogen and oxygen atoms in total. The van der Waals surface area contributed by atoms with E-state index in [0.29, 0.717) is 19.2 Å². The van der Waals surface area contributed by atoms with Crippen LogP contribution in [0.2, 0.25) is 0 Å². The summed E-state index contributed by atoms with van der Waals surface area (Å²) in [5.74, 6) is 0.731. The second-order valence-electron chi connectivity index (χ2n) is 7.55. The second kappa shape index (κ2) is 8.85. The van der Waals surface area contributed by atoms with Crippen molar-refractivity contribution >= 4 is 6.09 Å². The molecule has 0 radical (unpaired) electrons. The molecule has 0 aliphatic heterocycles. The van der Waals surface area contributed by atoms with Crippen molar-refractivity contribution in [2.75, 3.05) is 26.8 Å². The molecule has 1 rings (SSSR count). The molecule has 0 heterocycles. The average Bonchev–Trinajstić information content (AvgIpc) is 3.24. The number of methoxy groups -OCH3 is 1. The van der Waals surface area contributed by atoms with Crippen LogP contribution in [0.25, 0.3) is 0 Å². The largest absolute Gasteiger partial charge is 0.444 e. The van der Waals surface area contributed by atoms with E-state index in [4.69, 9.17) is 15.2 Å². The fourth-order valence-corrected chi connectivity index (χ4v) is 2.93. The molecule has 3 N–H and O–H groups in total. The van der Waals surface area contributed by atoms with Gasteiger partial charge in [0.05, 0.1) is 6.61 Å². The van der Waals surface area contributed by atoms with Gasteiger partial charge in [0, 0.05) is 38.3 Å². The molecule has 1 fully saturated rings. The number of amides is 1. The summed E-state index contributed by atoms with van der Waals surface area (Å²) < 4.78 is 10.6. The van der Waals surface area contributed by atoms with Crippen molar-refractivity contribution in [2.24, 2.45) is 11.7 Å². The molecule has 1 aliphatic rings. The highest BCUT2D eigenvalue weighted by molar-refractivity contribution is 5.68. The number of nitrogens with two attached hydrogens (primary N) is 1. The first-order valence-corrected chi connectivity index (χ1v) is 8.63.